The van der Waals surface area contributed by atoms with Crippen molar-refractivity contribution in [3.05, 3.63) is 34.9 Å². The molecule has 0 aliphatic heterocycles. The predicted molar refractivity (Wildman–Crippen MR) is 119 cm³/mol. The minimum absolute atomic E-state index is 0.0230. The summed E-state index contributed by atoms with van der Waals surface area (Å²) in [6.07, 6.45) is 3.74. The fraction of sp³-hybridized carbons (Fsp3) is 0.667. The summed E-state index contributed by atoms with van der Waals surface area (Å²) in [7, 11) is 1.73. The first kappa shape index (κ1) is 24.4. The number of carboxylic acids is 1. The smallest absolute Gasteiger partial charge is 0.306 e. The highest BCUT2D eigenvalue weighted by molar-refractivity contribution is 5.93. The zero-order valence-corrected chi connectivity index (χ0v) is 19.0. The molecule has 1 amide bonds. The molecule has 0 saturated heterocycles. The molecular weight excluding hydrogens is 380 g/mol. The first-order chi connectivity index (χ1) is 14.2. The zero-order valence-electron chi connectivity index (χ0n) is 19.0. The van der Waals surface area contributed by atoms with E-state index in [0.717, 1.165) is 24.8 Å². The number of hydrogen-bond donors (Lipinski definition) is 3. The van der Waals surface area contributed by atoms with E-state index in [-0.39, 0.29) is 23.5 Å². The number of primary amides is 1. The van der Waals surface area contributed by atoms with Gasteiger partial charge in [0, 0.05) is 30.6 Å². The molecule has 1 aromatic carbocycles. The van der Waals surface area contributed by atoms with Crippen LogP contribution in [0.1, 0.15) is 74.9 Å². The second kappa shape index (κ2) is 10.4. The highest BCUT2D eigenvalue weighted by Gasteiger charge is 2.46. The normalized spacial score (nSPS) is 21.3. The first-order valence-electron chi connectivity index (χ1n) is 11.1. The molecule has 0 aromatic heterocycles. The Labute approximate surface area is 180 Å². The molecule has 6 heteroatoms. The molecule has 0 heterocycles. The van der Waals surface area contributed by atoms with Crippen LogP contribution in [0.4, 0.5) is 0 Å². The summed E-state index contributed by atoms with van der Waals surface area (Å²) in [4.78, 5) is 23.4. The van der Waals surface area contributed by atoms with Gasteiger partial charge in [-0.3, -0.25) is 9.59 Å². The molecule has 1 aliphatic carbocycles. The van der Waals surface area contributed by atoms with Crippen molar-refractivity contribution in [2.24, 2.45) is 17.6 Å². The van der Waals surface area contributed by atoms with Crippen molar-refractivity contribution in [2.45, 2.75) is 77.4 Å². The lowest BCUT2D eigenvalue weighted by molar-refractivity contribution is -0.142. The number of carboxylic acid groups (broad SMARTS) is 1. The van der Waals surface area contributed by atoms with Gasteiger partial charge in [0.1, 0.15) is 0 Å². The van der Waals surface area contributed by atoms with Crippen molar-refractivity contribution in [1.82, 2.24) is 5.32 Å². The third-order valence-electron chi connectivity index (χ3n) is 6.85. The Hall–Kier alpha value is -1.92. The number of hydrogen-bond acceptors (Lipinski definition) is 4. The number of fused-ring (bicyclic) bond motifs is 1. The molecular formula is C24H38N2O4. The molecule has 3 atom stereocenters. The van der Waals surface area contributed by atoms with Crippen molar-refractivity contribution in [3.63, 3.8) is 0 Å². The van der Waals surface area contributed by atoms with E-state index in [1.165, 1.54) is 5.56 Å². The number of amides is 1. The van der Waals surface area contributed by atoms with Crippen LogP contribution >= 0.6 is 0 Å². The van der Waals surface area contributed by atoms with Crippen molar-refractivity contribution in [2.75, 3.05) is 13.7 Å². The molecule has 2 rings (SSSR count). The van der Waals surface area contributed by atoms with E-state index in [9.17, 15) is 14.7 Å². The predicted octanol–water partition coefficient (Wildman–Crippen LogP) is 3.51. The SMILES string of the molecule is CCC1(CC)c2cc(C(N)=O)ccc2C[C@@H](OC)[C@H]1NCC[C@H](CC(C)C)C(=O)O. The number of nitrogens with one attached hydrogen (secondary N) is 1. The quantitative estimate of drug-likeness (QED) is 0.510. The Morgan fingerprint density at radius 2 is 1.97 bits per heavy atom. The van der Waals surface area contributed by atoms with Crippen LogP contribution in [0.15, 0.2) is 18.2 Å². The van der Waals surface area contributed by atoms with E-state index >= 15 is 0 Å². The number of rotatable bonds is 11. The number of carbonyl (C=O) groups excluding carboxylic acids is 1. The maximum Gasteiger partial charge on any atom is 0.306 e. The molecule has 30 heavy (non-hydrogen) atoms. The van der Waals surface area contributed by atoms with Crippen LogP contribution in [-0.4, -0.2) is 42.8 Å². The lowest BCUT2D eigenvalue weighted by Crippen LogP contribution is -2.59. The van der Waals surface area contributed by atoms with Crippen LogP contribution in [0.25, 0.3) is 0 Å². The molecule has 0 saturated carbocycles. The fourth-order valence-electron chi connectivity index (χ4n) is 5.17. The van der Waals surface area contributed by atoms with Gasteiger partial charge in [0.25, 0.3) is 0 Å². The third kappa shape index (κ3) is 5.03. The molecule has 1 aliphatic rings. The molecule has 4 N–H and O–H groups in total. The summed E-state index contributed by atoms with van der Waals surface area (Å²) >= 11 is 0. The molecule has 0 radical (unpaired) electrons. The third-order valence-corrected chi connectivity index (χ3v) is 6.85. The van der Waals surface area contributed by atoms with Gasteiger partial charge < -0.3 is 20.9 Å². The minimum Gasteiger partial charge on any atom is -0.481 e. The average molecular weight is 419 g/mol. The second-order valence-electron chi connectivity index (χ2n) is 8.96. The van der Waals surface area contributed by atoms with Gasteiger partial charge in [-0.2, -0.15) is 0 Å². The maximum absolute atomic E-state index is 11.8. The van der Waals surface area contributed by atoms with Gasteiger partial charge in [0.05, 0.1) is 12.0 Å². The van der Waals surface area contributed by atoms with Gasteiger partial charge in [-0.25, -0.2) is 0 Å². The summed E-state index contributed by atoms with van der Waals surface area (Å²) in [5, 5.41) is 13.2. The van der Waals surface area contributed by atoms with E-state index < -0.39 is 11.9 Å². The van der Waals surface area contributed by atoms with Crippen LogP contribution in [0.2, 0.25) is 0 Å². The highest BCUT2D eigenvalue weighted by atomic mass is 16.5. The fourth-order valence-corrected chi connectivity index (χ4v) is 5.17. The maximum atomic E-state index is 11.8. The van der Waals surface area contributed by atoms with E-state index in [0.29, 0.717) is 30.9 Å². The first-order valence-corrected chi connectivity index (χ1v) is 11.1. The van der Waals surface area contributed by atoms with Crippen molar-refractivity contribution >= 4 is 11.9 Å². The van der Waals surface area contributed by atoms with Crippen molar-refractivity contribution < 1.29 is 19.4 Å². The molecule has 0 spiro atoms. The van der Waals surface area contributed by atoms with E-state index in [1.54, 1.807) is 13.2 Å². The van der Waals surface area contributed by atoms with E-state index in [1.807, 2.05) is 12.1 Å². The largest absolute Gasteiger partial charge is 0.481 e. The van der Waals surface area contributed by atoms with Gasteiger partial charge in [-0.15, -0.1) is 0 Å². The zero-order chi connectivity index (χ0) is 22.5. The summed E-state index contributed by atoms with van der Waals surface area (Å²) in [6, 6.07) is 5.77. The topological polar surface area (TPSA) is 102 Å². The van der Waals surface area contributed by atoms with Gasteiger partial charge in [0.2, 0.25) is 5.91 Å². The molecule has 0 fully saturated rings. The summed E-state index contributed by atoms with van der Waals surface area (Å²) in [5.41, 5.74) is 8.22. The van der Waals surface area contributed by atoms with Gasteiger partial charge >= 0.3 is 5.97 Å². The summed E-state index contributed by atoms with van der Waals surface area (Å²) in [6.45, 7) is 9.04. The molecule has 6 nitrogen and oxygen atoms in total. The van der Waals surface area contributed by atoms with Gasteiger partial charge in [0.15, 0.2) is 0 Å². The Morgan fingerprint density at radius 3 is 2.47 bits per heavy atom. The number of benzene rings is 1. The van der Waals surface area contributed by atoms with Crippen LogP contribution in [-0.2, 0) is 21.4 Å². The number of aliphatic carboxylic acids is 1. The number of nitrogens with two attached hydrogens (primary N) is 1. The lowest BCUT2D eigenvalue weighted by atomic mass is 9.62. The molecule has 1 aromatic rings. The molecule has 168 valence electrons. The molecule has 0 bridgehead atoms. The van der Waals surface area contributed by atoms with Crippen LogP contribution < -0.4 is 11.1 Å². The van der Waals surface area contributed by atoms with Gasteiger partial charge in [-0.1, -0.05) is 33.8 Å². The van der Waals surface area contributed by atoms with Gasteiger partial charge in [-0.05, 0) is 61.4 Å². The summed E-state index contributed by atoms with van der Waals surface area (Å²) in [5.74, 6) is -1.16. The van der Waals surface area contributed by atoms with E-state index in [2.05, 4.69) is 33.0 Å². The average Bonchev–Trinajstić information content (AvgIpc) is 2.71. The second-order valence-corrected chi connectivity index (χ2v) is 8.96. The Bertz CT molecular complexity index is 743. The monoisotopic (exact) mass is 418 g/mol. The Balaban J connectivity index is 2.33. The highest BCUT2D eigenvalue weighted by Crippen LogP contribution is 2.44. The van der Waals surface area contributed by atoms with Crippen molar-refractivity contribution in [3.8, 4) is 0 Å². The number of methoxy groups -OCH3 is 1. The van der Waals surface area contributed by atoms with E-state index in [4.69, 9.17) is 10.5 Å². The summed E-state index contributed by atoms with van der Waals surface area (Å²) < 4.78 is 5.90. The van der Waals surface area contributed by atoms with Crippen LogP contribution in [0.5, 0.6) is 0 Å². The number of carbonyl (C=O) groups is 2. The Kier molecular flexibility index (Phi) is 8.44. The van der Waals surface area contributed by atoms with Crippen LogP contribution in [0.3, 0.4) is 0 Å². The lowest BCUT2D eigenvalue weighted by Gasteiger charge is -2.49. The van der Waals surface area contributed by atoms with Crippen molar-refractivity contribution in [1.29, 1.82) is 0 Å². The molecule has 0 unspecified atom stereocenters. The Morgan fingerprint density at radius 1 is 1.30 bits per heavy atom. The number of ether oxygens (including phenoxy) is 1. The minimum atomic E-state index is -0.730. The van der Waals surface area contributed by atoms with Crippen LogP contribution in [0, 0.1) is 11.8 Å². The standard InChI is InChI=1S/C24H38N2O4/c1-6-24(7-2)19-13-17(22(25)27)9-8-16(19)14-20(30-5)21(24)26-11-10-18(23(28)29)12-15(3)4/h8-9,13,15,18,20-21,26H,6-7,10-12,14H2,1-5H3,(H2,25,27)(H,28,29)/t18-,20-,21-/m1/s1.